The van der Waals surface area contributed by atoms with Crippen molar-refractivity contribution in [2.45, 2.75) is 19.9 Å². The van der Waals surface area contributed by atoms with E-state index in [2.05, 4.69) is 15.4 Å². The molecule has 0 aliphatic carbocycles. The number of para-hydroxylation sites is 1. The van der Waals surface area contributed by atoms with Crippen molar-refractivity contribution in [3.05, 3.63) is 42.5 Å². The van der Waals surface area contributed by atoms with E-state index in [0.717, 1.165) is 12.2 Å². The second-order valence-electron chi connectivity index (χ2n) is 5.30. The molecule has 0 aromatic heterocycles. The van der Waals surface area contributed by atoms with Gasteiger partial charge in [-0.05, 0) is 18.1 Å². The van der Waals surface area contributed by atoms with Gasteiger partial charge in [0.05, 0.1) is 13.2 Å². The molecule has 0 saturated carbocycles. The lowest BCUT2D eigenvalue weighted by Crippen LogP contribution is -2.44. The molecule has 0 heterocycles. The Kier molecular flexibility index (Phi) is 8.04. The number of hydrogen-bond donors (Lipinski definition) is 2. The summed E-state index contributed by atoms with van der Waals surface area (Å²) in [6.45, 7) is 3.78. The Morgan fingerprint density at radius 3 is 2.29 bits per heavy atom. The summed E-state index contributed by atoms with van der Waals surface area (Å²) in [7, 11) is 1.21. The van der Waals surface area contributed by atoms with Crippen LogP contribution in [0.5, 0.6) is 0 Å². The van der Waals surface area contributed by atoms with Crippen molar-refractivity contribution < 1.29 is 23.9 Å². The Morgan fingerprint density at radius 2 is 1.71 bits per heavy atom. The fourth-order valence-corrected chi connectivity index (χ4v) is 1.68. The Balaban J connectivity index is 2.49. The minimum absolute atomic E-state index is 0.00970. The Bertz CT molecular complexity index is 584. The molecule has 0 spiro atoms. The van der Waals surface area contributed by atoms with E-state index in [9.17, 15) is 14.4 Å². The van der Waals surface area contributed by atoms with Crippen LogP contribution in [0.3, 0.4) is 0 Å². The van der Waals surface area contributed by atoms with Gasteiger partial charge in [0.2, 0.25) is 0 Å². The molecule has 130 valence electrons. The van der Waals surface area contributed by atoms with Crippen molar-refractivity contribution in [3.8, 4) is 0 Å². The number of esters is 2. The van der Waals surface area contributed by atoms with Gasteiger partial charge in [0.25, 0.3) is 0 Å². The van der Waals surface area contributed by atoms with Crippen LogP contribution in [0.4, 0.5) is 10.5 Å². The van der Waals surface area contributed by atoms with Gasteiger partial charge in [-0.15, -0.1) is 0 Å². The lowest BCUT2D eigenvalue weighted by molar-refractivity contribution is -0.140. The maximum atomic E-state index is 12.0. The van der Waals surface area contributed by atoms with E-state index in [1.165, 1.54) is 7.11 Å². The van der Waals surface area contributed by atoms with Gasteiger partial charge in [-0.2, -0.15) is 0 Å². The fraction of sp³-hybridized carbons (Fsp3) is 0.353. The van der Waals surface area contributed by atoms with E-state index in [-0.39, 0.29) is 24.6 Å². The van der Waals surface area contributed by atoms with Crippen molar-refractivity contribution in [2.24, 2.45) is 5.92 Å². The maximum Gasteiger partial charge on any atom is 0.331 e. The maximum absolute atomic E-state index is 12.0. The number of methoxy groups -OCH3 is 1. The number of anilines is 1. The Labute approximate surface area is 141 Å². The zero-order valence-electron chi connectivity index (χ0n) is 13.9. The van der Waals surface area contributed by atoms with Crippen LogP contribution in [0.15, 0.2) is 42.5 Å². The van der Waals surface area contributed by atoms with Crippen LogP contribution in [0, 0.1) is 5.92 Å². The molecule has 0 unspecified atom stereocenters. The second kappa shape index (κ2) is 10.0. The molecular weight excluding hydrogens is 312 g/mol. The van der Waals surface area contributed by atoms with Crippen molar-refractivity contribution in [2.75, 3.05) is 19.0 Å². The highest BCUT2D eigenvalue weighted by Crippen LogP contribution is 2.07. The Morgan fingerprint density at radius 1 is 1.08 bits per heavy atom. The molecule has 2 N–H and O–H groups in total. The van der Waals surface area contributed by atoms with Gasteiger partial charge in [0, 0.05) is 17.8 Å². The zero-order valence-corrected chi connectivity index (χ0v) is 13.9. The van der Waals surface area contributed by atoms with Gasteiger partial charge in [0.15, 0.2) is 0 Å². The zero-order chi connectivity index (χ0) is 17.9. The number of hydrogen-bond acceptors (Lipinski definition) is 5. The van der Waals surface area contributed by atoms with Gasteiger partial charge in [-0.25, -0.2) is 14.4 Å². The lowest BCUT2D eigenvalue weighted by Gasteiger charge is -2.22. The number of nitrogens with one attached hydrogen (secondary N) is 2. The summed E-state index contributed by atoms with van der Waals surface area (Å²) in [5.74, 6) is -1.28. The lowest BCUT2D eigenvalue weighted by atomic mass is 10.1. The molecule has 0 fully saturated rings. The van der Waals surface area contributed by atoms with Crippen LogP contribution in [0.2, 0.25) is 0 Å². The van der Waals surface area contributed by atoms with Crippen molar-refractivity contribution in [1.29, 1.82) is 0 Å². The van der Waals surface area contributed by atoms with Crippen LogP contribution in [0.25, 0.3) is 0 Å². The van der Waals surface area contributed by atoms with Crippen LogP contribution in [-0.4, -0.2) is 37.7 Å². The van der Waals surface area contributed by atoms with Crippen LogP contribution in [0.1, 0.15) is 13.8 Å². The quantitative estimate of drug-likeness (QED) is 0.588. The number of amides is 2. The van der Waals surface area contributed by atoms with Gasteiger partial charge < -0.3 is 20.1 Å². The molecule has 1 aromatic carbocycles. The first-order valence-corrected chi connectivity index (χ1v) is 7.47. The molecule has 0 saturated heterocycles. The third-order valence-electron chi connectivity index (χ3n) is 3.11. The van der Waals surface area contributed by atoms with Crippen LogP contribution < -0.4 is 10.6 Å². The number of carbonyl (C=O) groups is 3. The molecule has 2 amide bonds. The van der Waals surface area contributed by atoms with E-state index in [4.69, 9.17) is 4.74 Å². The number of rotatable bonds is 7. The minimum atomic E-state index is -0.684. The molecule has 0 aliphatic heterocycles. The highest BCUT2D eigenvalue weighted by Gasteiger charge is 2.18. The van der Waals surface area contributed by atoms with Gasteiger partial charge in [-0.1, -0.05) is 32.0 Å². The molecule has 1 rings (SSSR count). The van der Waals surface area contributed by atoms with E-state index >= 15 is 0 Å². The largest absolute Gasteiger partial charge is 0.466 e. The van der Waals surface area contributed by atoms with E-state index in [0.29, 0.717) is 5.69 Å². The number of urea groups is 1. The predicted octanol–water partition coefficient (Wildman–Crippen LogP) is 2.11. The van der Waals surface area contributed by atoms with Gasteiger partial charge in [-0.3, -0.25) is 0 Å². The smallest absolute Gasteiger partial charge is 0.331 e. The summed E-state index contributed by atoms with van der Waals surface area (Å²) >= 11 is 0. The summed E-state index contributed by atoms with van der Waals surface area (Å²) in [4.78, 5) is 34.4. The van der Waals surface area contributed by atoms with Gasteiger partial charge in [0.1, 0.15) is 6.61 Å². The molecule has 7 heteroatoms. The molecule has 7 nitrogen and oxygen atoms in total. The normalized spacial score (nSPS) is 11.8. The molecule has 24 heavy (non-hydrogen) atoms. The summed E-state index contributed by atoms with van der Waals surface area (Å²) < 4.78 is 9.41. The SMILES string of the molecule is COC(=O)/C=C/C(=O)OC[C@H](NC(=O)Nc1ccccc1)C(C)C. The third-order valence-corrected chi connectivity index (χ3v) is 3.11. The second-order valence-corrected chi connectivity index (χ2v) is 5.30. The van der Waals surface area contributed by atoms with Crippen molar-refractivity contribution >= 4 is 23.7 Å². The first kappa shape index (κ1) is 19.2. The third kappa shape index (κ3) is 7.44. The minimum Gasteiger partial charge on any atom is -0.466 e. The molecule has 0 radical (unpaired) electrons. The standard InChI is InChI=1S/C17H22N2O5/c1-12(2)14(11-24-16(21)10-9-15(20)23-3)19-17(22)18-13-7-5-4-6-8-13/h4-10,12,14H,11H2,1-3H3,(H2,18,19,22)/b10-9+/t14-/m0/s1. The first-order chi connectivity index (χ1) is 11.4. The average Bonchev–Trinajstić information content (AvgIpc) is 2.56. The number of ether oxygens (including phenoxy) is 2. The fourth-order valence-electron chi connectivity index (χ4n) is 1.68. The number of benzene rings is 1. The summed E-state index contributed by atoms with van der Waals surface area (Å²) in [6.07, 6.45) is 1.95. The van der Waals surface area contributed by atoms with E-state index < -0.39 is 11.9 Å². The van der Waals surface area contributed by atoms with Crippen molar-refractivity contribution in [3.63, 3.8) is 0 Å². The summed E-state index contributed by atoms with van der Waals surface area (Å²) in [5, 5.41) is 5.45. The van der Waals surface area contributed by atoms with E-state index in [1.54, 1.807) is 12.1 Å². The molecule has 0 bridgehead atoms. The summed E-state index contributed by atoms with van der Waals surface area (Å²) in [5.41, 5.74) is 0.663. The predicted molar refractivity (Wildman–Crippen MR) is 89.3 cm³/mol. The monoisotopic (exact) mass is 334 g/mol. The first-order valence-electron chi connectivity index (χ1n) is 7.47. The van der Waals surface area contributed by atoms with Crippen LogP contribution >= 0.6 is 0 Å². The average molecular weight is 334 g/mol. The van der Waals surface area contributed by atoms with Crippen LogP contribution in [-0.2, 0) is 19.1 Å². The topological polar surface area (TPSA) is 93.7 Å². The summed E-state index contributed by atoms with van der Waals surface area (Å²) in [6, 6.07) is 8.24. The highest BCUT2D eigenvalue weighted by molar-refractivity contribution is 5.91. The van der Waals surface area contributed by atoms with Gasteiger partial charge >= 0.3 is 18.0 Å². The van der Waals surface area contributed by atoms with E-state index in [1.807, 2.05) is 32.0 Å². The molecule has 0 aliphatic rings. The highest BCUT2D eigenvalue weighted by atomic mass is 16.5. The molecule has 1 aromatic rings. The molecule has 1 atom stereocenters. The van der Waals surface area contributed by atoms with Crippen molar-refractivity contribution in [1.82, 2.24) is 5.32 Å². The number of carbonyl (C=O) groups excluding carboxylic acids is 3. The molecular formula is C17H22N2O5. The Hall–Kier alpha value is -2.83.